The monoisotopic (exact) mass is 386 g/mol. The van der Waals surface area contributed by atoms with Gasteiger partial charge in [0.2, 0.25) is 5.91 Å². The van der Waals surface area contributed by atoms with Crippen LogP contribution < -0.4 is 10.6 Å². The van der Waals surface area contributed by atoms with Gasteiger partial charge in [-0.3, -0.25) is 4.79 Å². The zero-order chi connectivity index (χ0) is 20.0. The molecular weight excluding hydrogens is 340 g/mol. The Morgan fingerprint density at radius 2 is 1.22 bits per heavy atom. The maximum Gasteiger partial charge on any atom is 0.219 e. The van der Waals surface area contributed by atoms with Crippen LogP contribution in [0.2, 0.25) is 0 Å². The number of carbonyl (C=O) groups excluding carboxylic acids is 1. The maximum atomic E-state index is 11.7. The number of hydrogen-bond donors (Lipinski definition) is 4. The molecule has 27 heavy (non-hydrogen) atoms. The van der Waals surface area contributed by atoms with Crippen LogP contribution in [0.25, 0.3) is 0 Å². The van der Waals surface area contributed by atoms with Crippen molar-refractivity contribution in [1.29, 1.82) is 0 Å². The first kappa shape index (κ1) is 26.4. The molecule has 0 unspecified atom stereocenters. The molecule has 0 atom stereocenters. The minimum absolute atomic E-state index is 0.156. The van der Waals surface area contributed by atoms with Crippen LogP contribution in [0.1, 0.15) is 110 Å². The SMILES string of the molecule is CCCCCCCCCCCCCCCC(=O)NCCCNCCC(O)O. The van der Waals surface area contributed by atoms with Crippen LogP contribution >= 0.6 is 0 Å². The lowest BCUT2D eigenvalue weighted by molar-refractivity contribution is -0.121. The summed E-state index contributed by atoms with van der Waals surface area (Å²) in [5, 5.41) is 23.5. The summed E-state index contributed by atoms with van der Waals surface area (Å²) in [6.07, 6.45) is 17.8. The van der Waals surface area contributed by atoms with Crippen molar-refractivity contribution in [3.63, 3.8) is 0 Å². The van der Waals surface area contributed by atoms with E-state index in [1.807, 2.05) is 0 Å². The molecule has 0 radical (unpaired) electrons. The molecule has 0 aromatic rings. The van der Waals surface area contributed by atoms with Crippen molar-refractivity contribution in [2.24, 2.45) is 0 Å². The van der Waals surface area contributed by atoms with Crippen LogP contribution in [0, 0.1) is 0 Å². The normalized spacial score (nSPS) is 11.3. The summed E-state index contributed by atoms with van der Waals surface area (Å²) in [7, 11) is 0. The van der Waals surface area contributed by atoms with Crippen molar-refractivity contribution < 1.29 is 15.0 Å². The van der Waals surface area contributed by atoms with Crippen molar-refractivity contribution in [2.75, 3.05) is 19.6 Å². The predicted molar refractivity (Wildman–Crippen MR) is 114 cm³/mol. The van der Waals surface area contributed by atoms with Crippen LogP contribution in [0.3, 0.4) is 0 Å². The van der Waals surface area contributed by atoms with E-state index >= 15 is 0 Å². The fourth-order valence-electron chi connectivity index (χ4n) is 3.19. The minimum Gasteiger partial charge on any atom is -0.368 e. The molecule has 0 aliphatic carbocycles. The molecule has 0 bridgehead atoms. The van der Waals surface area contributed by atoms with Gasteiger partial charge in [-0.15, -0.1) is 0 Å². The van der Waals surface area contributed by atoms with Crippen LogP contribution in [-0.4, -0.2) is 42.0 Å². The molecule has 4 N–H and O–H groups in total. The van der Waals surface area contributed by atoms with Crippen molar-refractivity contribution in [2.45, 2.75) is 116 Å². The van der Waals surface area contributed by atoms with Crippen LogP contribution in [0.5, 0.6) is 0 Å². The number of aliphatic hydroxyl groups excluding tert-OH is 1. The molecule has 0 aliphatic heterocycles. The van der Waals surface area contributed by atoms with E-state index in [-0.39, 0.29) is 5.91 Å². The predicted octanol–water partition coefficient (Wildman–Crippen LogP) is 4.26. The quantitative estimate of drug-likeness (QED) is 0.175. The summed E-state index contributed by atoms with van der Waals surface area (Å²) in [6.45, 7) is 4.32. The van der Waals surface area contributed by atoms with Gasteiger partial charge in [0.25, 0.3) is 0 Å². The standard InChI is InChI=1S/C22H46N2O3/c1-2-3-4-5-6-7-8-9-10-11-12-13-14-16-21(25)24-19-15-18-23-20-17-22(26)27/h22-23,26-27H,2-20H2,1H3,(H,24,25). The van der Waals surface area contributed by atoms with Crippen molar-refractivity contribution in [1.82, 2.24) is 10.6 Å². The van der Waals surface area contributed by atoms with Crippen molar-refractivity contribution in [3.05, 3.63) is 0 Å². The fourth-order valence-corrected chi connectivity index (χ4v) is 3.19. The number of hydrogen-bond acceptors (Lipinski definition) is 4. The molecular formula is C22H46N2O3. The van der Waals surface area contributed by atoms with Crippen LogP contribution in [-0.2, 0) is 4.79 Å². The first-order chi connectivity index (χ1) is 13.2. The summed E-state index contributed by atoms with van der Waals surface area (Å²) in [5.74, 6) is 0.156. The molecule has 0 rings (SSSR count). The number of unbranched alkanes of at least 4 members (excludes halogenated alkanes) is 12. The molecule has 0 aromatic carbocycles. The first-order valence-electron chi connectivity index (χ1n) is 11.5. The average molecular weight is 387 g/mol. The second kappa shape index (κ2) is 21.6. The molecule has 0 heterocycles. The molecule has 5 heteroatoms. The highest BCUT2D eigenvalue weighted by atomic mass is 16.5. The summed E-state index contributed by atoms with van der Waals surface area (Å²) >= 11 is 0. The molecule has 162 valence electrons. The van der Waals surface area contributed by atoms with Gasteiger partial charge in [0.1, 0.15) is 0 Å². The molecule has 0 fully saturated rings. The van der Waals surface area contributed by atoms with E-state index in [9.17, 15) is 4.79 Å². The lowest BCUT2D eigenvalue weighted by atomic mass is 10.0. The summed E-state index contributed by atoms with van der Waals surface area (Å²) in [6, 6.07) is 0. The van der Waals surface area contributed by atoms with Gasteiger partial charge in [0.05, 0.1) is 0 Å². The van der Waals surface area contributed by atoms with Gasteiger partial charge in [-0.25, -0.2) is 0 Å². The number of aliphatic hydroxyl groups is 2. The zero-order valence-corrected chi connectivity index (χ0v) is 17.8. The summed E-state index contributed by atoms with van der Waals surface area (Å²) < 4.78 is 0. The molecule has 0 saturated heterocycles. The summed E-state index contributed by atoms with van der Waals surface area (Å²) in [5.41, 5.74) is 0. The van der Waals surface area contributed by atoms with E-state index in [1.165, 1.54) is 70.6 Å². The van der Waals surface area contributed by atoms with E-state index in [2.05, 4.69) is 17.6 Å². The van der Waals surface area contributed by atoms with Gasteiger partial charge in [-0.05, 0) is 25.9 Å². The van der Waals surface area contributed by atoms with Crippen LogP contribution in [0.15, 0.2) is 0 Å². The van der Waals surface area contributed by atoms with Gasteiger partial charge in [0.15, 0.2) is 6.29 Å². The highest BCUT2D eigenvalue weighted by Crippen LogP contribution is 2.12. The molecule has 0 aromatic heterocycles. The number of carbonyl (C=O) groups is 1. The third-order valence-electron chi connectivity index (χ3n) is 4.94. The van der Waals surface area contributed by atoms with Gasteiger partial charge < -0.3 is 20.8 Å². The Morgan fingerprint density at radius 1 is 0.704 bits per heavy atom. The highest BCUT2D eigenvalue weighted by molar-refractivity contribution is 5.75. The molecule has 1 amide bonds. The minimum atomic E-state index is -1.24. The Morgan fingerprint density at radius 3 is 1.74 bits per heavy atom. The summed E-state index contributed by atoms with van der Waals surface area (Å²) in [4.78, 5) is 11.7. The van der Waals surface area contributed by atoms with Gasteiger partial charge in [-0.1, -0.05) is 84.0 Å². The lowest BCUT2D eigenvalue weighted by Gasteiger charge is -2.07. The topological polar surface area (TPSA) is 81.6 Å². The molecule has 5 nitrogen and oxygen atoms in total. The molecule has 0 saturated carbocycles. The average Bonchev–Trinajstić information content (AvgIpc) is 2.64. The first-order valence-corrected chi connectivity index (χ1v) is 11.5. The van der Waals surface area contributed by atoms with E-state index in [4.69, 9.17) is 10.2 Å². The van der Waals surface area contributed by atoms with E-state index in [0.717, 1.165) is 25.8 Å². The largest absolute Gasteiger partial charge is 0.368 e. The van der Waals surface area contributed by atoms with Gasteiger partial charge >= 0.3 is 0 Å². The van der Waals surface area contributed by atoms with Gasteiger partial charge in [0, 0.05) is 19.4 Å². The molecule has 0 spiro atoms. The van der Waals surface area contributed by atoms with Crippen molar-refractivity contribution in [3.8, 4) is 0 Å². The number of nitrogens with one attached hydrogen (secondary N) is 2. The fraction of sp³-hybridized carbons (Fsp3) is 0.955. The Kier molecular flexibility index (Phi) is 21.1. The number of rotatable bonds is 21. The third-order valence-corrected chi connectivity index (χ3v) is 4.94. The highest BCUT2D eigenvalue weighted by Gasteiger charge is 2.01. The zero-order valence-electron chi connectivity index (χ0n) is 17.8. The smallest absolute Gasteiger partial charge is 0.219 e. The Bertz CT molecular complexity index is 312. The third kappa shape index (κ3) is 23.3. The Hall–Kier alpha value is -0.650. The van der Waals surface area contributed by atoms with E-state index in [1.54, 1.807) is 0 Å². The van der Waals surface area contributed by atoms with Gasteiger partial charge in [-0.2, -0.15) is 0 Å². The van der Waals surface area contributed by atoms with Crippen molar-refractivity contribution >= 4 is 5.91 Å². The number of amides is 1. The molecule has 0 aliphatic rings. The second-order valence-corrected chi connectivity index (χ2v) is 7.72. The lowest BCUT2D eigenvalue weighted by Crippen LogP contribution is -2.28. The van der Waals surface area contributed by atoms with E-state index < -0.39 is 6.29 Å². The van der Waals surface area contributed by atoms with Crippen LogP contribution in [0.4, 0.5) is 0 Å². The second-order valence-electron chi connectivity index (χ2n) is 7.72. The Labute approximate surface area is 167 Å². The Balaban J connectivity index is 3.14. The van der Waals surface area contributed by atoms with E-state index in [0.29, 0.717) is 25.9 Å². The maximum absolute atomic E-state index is 11.7.